The van der Waals surface area contributed by atoms with Crippen molar-refractivity contribution in [2.24, 2.45) is 0 Å². The monoisotopic (exact) mass is 435 g/mol. The third-order valence-corrected chi connectivity index (χ3v) is 4.73. The van der Waals surface area contributed by atoms with Crippen LogP contribution in [0.2, 0.25) is 0 Å². The van der Waals surface area contributed by atoms with Gasteiger partial charge in [0.05, 0.1) is 16.6 Å². The van der Waals surface area contributed by atoms with Crippen LogP contribution in [0.5, 0.6) is 5.75 Å². The normalized spacial score (nSPS) is 12.7. The van der Waals surface area contributed by atoms with Gasteiger partial charge in [0.1, 0.15) is 5.75 Å². The van der Waals surface area contributed by atoms with E-state index in [1.54, 1.807) is 24.3 Å². The average molecular weight is 435 g/mol. The molecule has 4 rings (SSSR count). The Morgan fingerprint density at radius 2 is 1.94 bits per heavy atom. The smallest absolute Gasteiger partial charge is 0.287 e. The van der Waals surface area contributed by atoms with Crippen LogP contribution in [-0.2, 0) is 11.3 Å². The molecule has 1 aliphatic rings. The van der Waals surface area contributed by atoms with Crippen molar-refractivity contribution in [1.29, 1.82) is 0 Å². The predicted molar refractivity (Wildman–Crippen MR) is 117 cm³/mol. The summed E-state index contributed by atoms with van der Waals surface area (Å²) in [5.74, 6) is -0.696. The highest BCUT2D eigenvalue weighted by molar-refractivity contribution is 5.99. The lowest BCUT2D eigenvalue weighted by atomic mass is 10.1. The van der Waals surface area contributed by atoms with E-state index >= 15 is 0 Å². The number of hydrogen-bond donors (Lipinski definition) is 4. The largest absolute Gasteiger partial charge is 0.482 e. The number of aromatic amines is 1. The first-order valence-electron chi connectivity index (χ1n) is 9.99. The Morgan fingerprint density at radius 3 is 2.72 bits per heavy atom. The van der Waals surface area contributed by atoms with Crippen molar-refractivity contribution in [2.75, 3.05) is 11.9 Å². The fraction of sp³-hybridized carbons (Fsp3) is 0.227. The highest BCUT2D eigenvalue weighted by atomic mass is 16.5. The van der Waals surface area contributed by atoms with E-state index in [1.807, 2.05) is 13.8 Å². The zero-order valence-corrected chi connectivity index (χ0v) is 17.4. The van der Waals surface area contributed by atoms with Crippen molar-refractivity contribution < 1.29 is 19.1 Å². The molecule has 164 valence electrons. The summed E-state index contributed by atoms with van der Waals surface area (Å²) in [7, 11) is 0. The molecule has 0 radical (unpaired) electrons. The van der Waals surface area contributed by atoms with Crippen molar-refractivity contribution in [3.05, 3.63) is 63.7 Å². The maximum absolute atomic E-state index is 12.5. The first kappa shape index (κ1) is 21.0. The average Bonchev–Trinajstić information content (AvgIpc) is 2.76. The number of nitrogens with one attached hydrogen (secondary N) is 4. The first-order chi connectivity index (χ1) is 15.3. The number of anilines is 1. The number of carbonyl (C=O) groups is 3. The Morgan fingerprint density at radius 1 is 1.12 bits per heavy atom. The minimum Gasteiger partial charge on any atom is -0.482 e. The number of hydrogen-bond acceptors (Lipinski definition) is 6. The van der Waals surface area contributed by atoms with Crippen molar-refractivity contribution in [3.8, 4) is 5.75 Å². The maximum Gasteiger partial charge on any atom is 0.287 e. The van der Waals surface area contributed by atoms with Crippen molar-refractivity contribution >= 4 is 34.3 Å². The van der Waals surface area contributed by atoms with Gasteiger partial charge < -0.3 is 25.7 Å². The summed E-state index contributed by atoms with van der Waals surface area (Å²) < 4.78 is 5.31. The predicted octanol–water partition coefficient (Wildman–Crippen LogP) is 1.32. The second-order valence-corrected chi connectivity index (χ2v) is 7.62. The quantitative estimate of drug-likeness (QED) is 0.476. The van der Waals surface area contributed by atoms with Gasteiger partial charge >= 0.3 is 0 Å². The number of amides is 3. The van der Waals surface area contributed by atoms with Gasteiger partial charge in [0, 0.05) is 18.2 Å². The van der Waals surface area contributed by atoms with Gasteiger partial charge in [-0.25, -0.2) is 4.98 Å². The second-order valence-electron chi connectivity index (χ2n) is 7.62. The molecule has 3 amide bonds. The van der Waals surface area contributed by atoms with Gasteiger partial charge in [0.25, 0.3) is 23.3 Å². The molecule has 2 heterocycles. The minimum atomic E-state index is -0.566. The van der Waals surface area contributed by atoms with Gasteiger partial charge in [0.2, 0.25) is 0 Å². The Kier molecular flexibility index (Phi) is 5.59. The van der Waals surface area contributed by atoms with E-state index in [4.69, 9.17) is 4.74 Å². The Balaban J connectivity index is 1.50. The molecular formula is C22H21N5O5. The first-order valence-corrected chi connectivity index (χ1v) is 9.99. The lowest BCUT2D eigenvalue weighted by molar-refractivity contribution is -0.118. The third kappa shape index (κ3) is 4.43. The number of ether oxygens (including phenoxy) is 1. The summed E-state index contributed by atoms with van der Waals surface area (Å²) in [6.45, 7) is 3.80. The number of H-pyrrole nitrogens is 1. The number of benzene rings is 2. The molecule has 1 aliphatic heterocycles. The third-order valence-electron chi connectivity index (χ3n) is 4.73. The van der Waals surface area contributed by atoms with E-state index in [0.717, 1.165) is 5.56 Å². The number of carbonyl (C=O) groups excluding carboxylic acids is 3. The molecule has 1 aromatic heterocycles. The van der Waals surface area contributed by atoms with E-state index < -0.39 is 11.5 Å². The van der Waals surface area contributed by atoms with E-state index in [2.05, 4.69) is 25.9 Å². The number of aromatic nitrogens is 2. The molecule has 0 unspecified atom stereocenters. The van der Waals surface area contributed by atoms with Gasteiger partial charge in [0.15, 0.2) is 12.4 Å². The van der Waals surface area contributed by atoms with Gasteiger partial charge in [-0.2, -0.15) is 0 Å². The van der Waals surface area contributed by atoms with Crippen LogP contribution in [-0.4, -0.2) is 40.3 Å². The standard InChI is InChI=1S/C22H21N5O5/c1-11(2)24-20(29)13-4-5-15-14(8-13)21(30)27-19(26-15)22(31)23-9-12-3-6-17-16(7-12)25-18(28)10-32-17/h3-8,11H,9-10H2,1-2H3,(H,23,31)(H,24,29)(H,25,28)(H,26,27,30). The maximum atomic E-state index is 12.5. The molecule has 3 aromatic rings. The van der Waals surface area contributed by atoms with Gasteiger partial charge in [-0.15, -0.1) is 0 Å². The summed E-state index contributed by atoms with van der Waals surface area (Å²) in [5.41, 5.74) is 1.37. The molecule has 4 N–H and O–H groups in total. The SMILES string of the molecule is CC(C)NC(=O)c1ccc2nc(C(=O)NCc3ccc4c(c3)NC(=O)CO4)[nH]c(=O)c2c1. The summed E-state index contributed by atoms with van der Waals surface area (Å²) >= 11 is 0. The van der Waals surface area contributed by atoms with Crippen LogP contribution in [0.1, 0.15) is 40.4 Å². The molecule has 0 fully saturated rings. The molecule has 0 saturated heterocycles. The summed E-state index contributed by atoms with van der Waals surface area (Å²) in [6, 6.07) is 9.66. The molecule has 32 heavy (non-hydrogen) atoms. The van der Waals surface area contributed by atoms with Gasteiger partial charge in [-0.1, -0.05) is 6.07 Å². The van der Waals surface area contributed by atoms with Crippen LogP contribution in [0.4, 0.5) is 5.69 Å². The molecule has 0 spiro atoms. The molecule has 10 nitrogen and oxygen atoms in total. The van der Waals surface area contributed by atoms with Gasteiger partial charge in [-0.3, -0.25) is 19.2 Å². The van der Waals surface area contributed by atoms with Gasteiger partial charge in [-0.05, 0) is 49.7 Å². The Hall–Kier alpha value is -4.21. The second kappa shape index (κ2) is 8.50. The summed E-state index contributed by atoms with van der Waals surface area (Å²) in [4.78, 5) is 55.4. The van der Waals surface area contributed by atoms with E-state index in [-0.39, 0.29) is 42.2 Å². The summed E-state index contributed by atoms with van der Waals surface area (Å²) in [6.07, 6.45) is 0. The molecule has 10 heteroatoms. The highest BCUT2D eigenvalue weighted by Crippen LogP contribution is 2.28. The van der Waals surface area contributed by atoms with Crippen LogP contribution in [0, 0.1) is 0 Å². The van der Waals surface area contributed by atoms with Crippen molar-refractivity contribution in [3.63, 3.8) is 0 Å². The number of fused-ring (bicyclic) bond motifs is 2. The fourth-order valence-electron chi connectivity index (χ4n) is 3.24. The molecule has 0 aliphatic carbocycles. The van der Waals surface area contributed by atoms with Crippen LogP contribution >= 0.6 is 0 Å². The van der Waals surface area contributed by atoms with E-state index in [9.17, 15) is 19.2 Å². The molecular weight excluding hydrogens is 414 g/mol. The number of rotatable bonds is 5. The van der Waals surface area contributed by atoms with Crippen molar-refractivity contribution in [1.82, 2.24) is 20.6 Å². The zero-order valence-electron chi connectivity index (χ0n) is 17.4. The van der Waals surface area contributed by atoms with Crippen LogP contribution in [0.15, 0.2) is 41.2 Å². The Bertz CT molecular complexity index is 1300. The lowest BCUT2D eigenvalue weighted by Crippen LogP contribution is -2.30. The zero-order chi connectivity index (χ0) is 22.8. The highest BCUT2D eigenvalue weighted by Gasteiger charge is 2.17. The lowest BCUT2D eigenvalue weighted by Gasteiger charge is -2.18. The van der Waals surface area contributed by atoms with Crippen LogP contribution in [0.25, 0.3) is 10.9 Å². The van der Waals surface area contributed by atoms with E-state index in [0.29, 0.717) is 22.5 Å². The fourth-order valence-corrected chi connectivity index (χ4v) is 3.24. The molecule has 0 atom stereocenters. The van der Waals surface area contributed by atoms with E-state index in [1.165, 1.54) is 12.1 Å². The molecule has 2 aromatic carbocycles. The van der Waals surface area contributed by atoms with Crippen molar-refractivity contribution in [2.45, 2.75) is 26.4 Å². The molecule has 0 bridgehead atoms. The Labute approximate surface area is 182 Å². The molecule has 0 saturated carbocycles. The summed E-state index contributed by atoms with van der Waals surface area (Å²) in [5, 5.41) is 8.36. The number of nitrogens with zero attached hydrogens (tertiary/aromatic N) is 1. The minimum absolute atomic E-state index is 0.0338. The van der Waals surface area contributed by atoms with Crippen LogP contribution < -0.4 is 26.2 Å². The van der Waals surface area contributed by atoms with Crippen LogP contribution in [0.3, 0.4) is 0 Å². The topological polar surface area (TPSA) is 142 Å².